The van der Waals surface area contributed by atoms with Crippen molar-refractivity contribution in [3.8, 4) is 5.75 Å². The van der Waals surface area contributed by atoms with E-state index in [2.05, 4.69) is 0 Å². The van der Waals surface area contributed by atoms with E-state index in [9.17, 15) is 9.18 Å². The first kappa shape index (κ1) is 17.9. The molecule has 0 saturated carbocycles. The van der Waals surface area contributed by atoms with Gasteiger partial charge in [0.05, 0.1) is 27.2 Å². The summed E-state index contributed by atoms with van der Waals surface area (Å²) in [6.07, 6.45) is 0. The first-order chi connectivity index (χ1) is 10.9. The lowest BCUT2D eigenvalue weighted by molar-refractivity contribution is 0.0526. The highest BCUT2D eigenvalue weighted by Crippen LogP contribution is 2.35. The number of rotatable bonds is 5. The number of halogens is 4. The van der Waals surface area contributed by atoms with Crippen molar-refractivity contribution in [1.29, 1.82) is 0 Å². The standard InChI is InChI=1S/C16H12Cl3FO3/c1-2-22-16(21)10-5-13(18)15(14(19)6-10)23-8-9-3-4-11(20)7-12(9)17/h3-7H,2,8H2,1H3. The van der Waals surface area contributed by atoms with Crippen LogP contribution in [0.15, 0.2) is 30.3 Å². The Kier molecular flexibility index (Phi) is 6.10. The molecular formula is C16H12Cl3FO3. The molecular weight excluding hydrogens is 366 g/mol. The number of hydrogen-bond donors (Lipinski definition) is 0. The first-order valence-corrected chi connectivity index (χ1v) is 7.78. The zero-order chi connectivity index (χ0) is 17.0. The molecule has 0 aliphatic rings. The third kappa shape index (κ3) is 4.50. The summed E-state index contributed by atoms with van der Waals surface area (Å²) in [5.41, 5.74) is 0.809. The van der Waals surface area contributed by atoms with Crippen molar-refractivity contribution in [3.63, 3.8) is 0 Å². The number of ether oxygens (including phenoxy) is 2. The van der Waals surface area contributed by atoms with Crippen LogP contribution >= 0.6 is 34.8 Å². The number of carbonyl (C=O) groups is 1. The van der Waals surface area contributed by atoms with Gasteiger partial charge in [0.1, 0.15) is 12.4 Å². The predicted octanol–water partition coefficient (Wildman–Crippen LogP) is 5.54. The van der Waals surface area contributed by atoms with Gasteiger partial charge in [0.15, 0.2) is 5.75 Å². The maximum Gasteiger partial charge on any atom is 0.338 e. The van der Waals surface area contributed by atoms with Gasteiger partial charge in [-0.25, -0.2) is 9.18 Å². The maximum absolute atomic E-state index is 13.0. The fraction of sp³-hybridized carbons (Fsp3) is 0.188. The third-order valence-electron chi connectivity index (χ3n) is 2.90. The molecule has 2 aromatic rings. The first-order valence-electron chi connectivity index (χ1n) is 6.65. The molecule has 0 aromatic heterocycles. The summed E-state index contributed by atoms with van der Waals surface area (Å²) in [6.45, 7) is 2.00. The number of carbonyl (C=O) groups excluding carboxylic acids is 1. The quantitative estimate of drug-likeness (QED) is 0.642. The fourth-order valence-corrected chi connectivity index (χ4v) is 2.64. The molecule has 0 fully saturated rings. The van der Waals surface area contributed by atoms with Crippen LogP contribution in [0.1, 0.15) is 22.8 Å². The van der Waals surface area contributed by atoms with Gasteiger partial charge in [0.2, 0.25) is 0 Å². The van der Waals surface area contributed by atoms with Gasteiger partial charge >= 0.3 is 5.97 Å². The molecule has 0 amide bonds. The Bertz CT molecular complexity index is 712. The van der Waals surface area contributed by atoms with Gasteiger partial charge in [-0.05, 0) is 31.2 Å². The molecule has 3 nitrogen and oxygen atoms in total. The van der Waals surface area contributed by atoms with Gasteiger partial charge in [0, 0.05) is 5.56 Å². The predicted molar refractivity (Wildman–Crippen MR) is 88.2 cm³/mol. The van der Waals surface area contributed by atoms with Gasteiger partial charge in [-0.3, -0.25) is 0 Å². The minimum atomic E-state index is -0.524. The summed E-state index contributed by atoms with van der Waals surface area (Å²) in [5, 5.41) is 0.568. The molecule has 0 aliphatic heterocycles. The molecule has 0 unspecified atom stereocenters. The van der Waals surface area contributed by atoms with Gasteiger partial charge in [-0.2, -0.15) is 0 Å². The normalized spacial score (nSPS) is 10.5. The molecule has 0 spiro atoms. The van der Waals surface area contributed by atoms with Crippen LogP contribution < -0.4 is 4.74 Å². The summed E-state index contributed by atoms with van der Waals surface area (Å²) in [5.74, 6) is -0.750. The van der Waals surface area contributed by atoms with Crippen LogP contribution in [0, 0.1) is 5.82 Å². The van der Waals surface area contributed by atoms with Crippen LogP contribution in [0.5, 0.6) is 5.75 Å². The van der Waals surface area contributed by atoms with Gasteiger partial charge in [0.25, 0.3) is 0 Å². The summed E-state index contributed by atoms with van der Waals surface area (Å²) in [6, 6.07) is 6.79. The average molecular weight is 378 g/mol. The molecule has 122 valence electrons. The van der Waals surface area contributed by atoms with Gasteiger partial charge in [-0.1, -0.05) is 40.9 Å². The van der Waals surface area contributed by atoms with E-state index in [1.165, 1.54) is 30.3 Å². The Balaban J connectivity index is 2.18. The molecule has 2 rings (SSSR count). The number of benzene rings is 2. The third-order valence-corrected chi connectivity index (χ3v) is 3.81. The van der Waals surface area contributed by atoms with E-state index in [4.69, 9.17) is 44.3 Å². The van der Waals surface area contributed by atoms with Crippen LogP contribution in [0.4, 0.5) is 4.39 Å². The molecule has 0 bridgehead atoms. The van der Waals surface area contributed by atoms with E-state index in [1.54, 1.807) is 6.92 Å². The largest absolute Gasteiger partial charge is 0.486 e. The number of esters is 1. The van der Waals surface area contributed by atoms with Crippen LogP contribution in [0.25, 0.3) is 0 Å². The lowest BCUT2D eigenvalue weighted by Crippen LogP contribution is -2.05. The Labute approximate surface area is 147 Å². The molecule has 0 N–H and O–H groups in total. The SMILES string of the molecule is CCOC(=O)c1cc(Cl)c(OCc2ccc(F)cc2Cl)c(Cl)c1. The topological polar surface area (TPSA) is 35.5 Å². The van der Waals surface area contributed by atoms with Crippen molar-refractivity contribution in [2.45, 2.75) is 13.5 Å². The van der Waals surface area contributed by atoms with Crippen molar-refractivity contribution in [2.24, 2.45) is 0 Å². The zero-order valence-electron chi connectivity index (χ0n) is 12.0. The smallest absolute Gasteiger partial charge is 0.338 e. The summed E-state index contributed by atoms with van der Waals surface area (Å²) in [7, 11) is 0. The summed E-state index contributed by atoms with van der Waals surface area (Å²) < 4.78 is 23.4. The Morgan fingerprint density at radius 2 is 1.74 bits per heavy atom. The van der Waals surface area contributed by atoms with Crippen molar-refractivity contribution >= 4 is 40.8 Å². The Morgan fingerprint density at radius 3 is 2.30 bits per heavy atom. The number of hydrogen-bond acceptors (Lipinski definition) is 3. The molecule has 0 saturated heterocycles. The monoisotopic (exact) mass is 376 g/mol. The molecule has 0 aliphatic carbocycles. The van der Waals surface area contributed by atoms with Crippen LogP contribution in [-0.4, -0.2) is 12.6 Å². The summed E-state index contributed by atoms with van der Waals surface area (Å²) in [4.78, 5) is 11.7. The van der Waals surface area contributed by atoms with Crippen molar-refractivity contribution in [3.05, 3.63) is 62.3 Å². The van der Waals surface area contributed by atoms with E-state index in [-0.39, 0.29) is 39.6 Å². The molecule has 0 atom stereocenters. The Morgan fingerprint density at radius 1 is 1.09 bits per heavy atom. The lowest BCUT2D eigenvalue weighted by Gasteiger charge is -2.12. The maximum atomic E-state index is 13.0. The Hall–Kier alpha value is -1.49. The zero-order valence-corrected chi connectivity index (χ0v) is 14.3. The highest BCUT2D eigenvalue weighted by atomic mass is 35.5. The highest BCUT2D eigenvalue weighted by molar-refractivity contribution is 6.37. The van der Waals surface area contributed by atoms with E-state index < -0.39 is 11.8 Å². The second-order valence-corrected chi connectivity index (χ2v) is 5.74. The van der Waals surface area contributed by atoms with E-state index >= 15 is 0 Å². The summed E-state index contributed by atoms with van der Waals surface area (Å²) >= 11 is 18.1. The van der Waals surface area contributed by atoms with E-state index in [1.807, 2.05) is 0 Å². The molecule has 0 radical (unpaired) electrons. The molecule has 0 heterocycles. The van der Waals surface area contributed by atoms with E-state index in [0.717, 1.165) is 0 Å². The molecule has 2 aromatic carbocycles. The second kappa shape index (κ2) is 7.86. The minimum Gasteiger partial charge on any atom is -0.486 e. The minimum absolute atomic E-state index is 0.0529. The van der Waals surface area contributed by atoms with Crippen molar-refractivity contribution in [2.75, 3.05) is 6.61 Å². The van der Waals surface area contributed by atoms with Crippen LogP contribution in [-0.2, 0) is 11.3 Å². The molecule has 23 heavy (non-hydrogen) atoms. The van der Waals surface area contributed by atoms with Gasteiger partial charge < -0.3 is 9.47 Å². The van der Waals surface area contributed by atoms with Crippen molar-refractivity contribution < 1.29 is 18.7 Å². The van der Waals surface area contributed by atoms with Crippen molar-refractivity contribution in [1.82, 2.24) is 0 Å². The van der Waals surface area contributed by atoms with E-state index in [0.29, 0.717) is 5.56 Å². The molecule has 7 heteroatoms. The fourth-order valence-electron chi connectivity index (χ4n) is 1.82. The van der Waals surface area contributed by atoms with Crippen LogP contribution in [0.2, 0.25) is 15.1 Å². The second-order valence-electron chi connectivity index (χ2n) is 4.51. The van der Waals surface area contributed by atoms with Crippen LogP contribution in [0.3, 0.4) is 0 Å². The lowest BCUT2D eigenvalue weighted by atomic mass is 10.2. The highest BCUT2D eigenvalue weighted by Gasteiger charge is 2.15. The van der Waals surface area contributed by atoms with Gasteiger partial charge in [-0.15, -0.1) is 0 Å². The average Bonchev–Trinajstić information content (AvgIpc) is 2.48.